The highest BCUT2D eigenvalue weighted by Gasteiger charge is 2.20. The zero-order chi connectivity index (χ0) is 12.7. The number of nitrogens with zero attached hydrogens (tertiary/aromatic N) is 1. The van der Waals surface area contributed by atoms with Gasteiger partial charge in [-0.2, -0.15) is 0 Å². The van der Waals surface area contributed by atoms with Crippen molar-refractivity contribution in [1.29, 1.82) is 0 Å². The Morgan fingerprint density at radius 2 is 1.88 bits per heavy atom. The van der Waals surface area contributed by atoms with Gasteiger partial charge in [0.05, 0.1) is 5.60 Å². The Morgan fingerprint density at radius 1 is 1.24 bits per heavy atom. The number of halogens is 1. The van der Waals surface area contributed by atoms with Gasteiger partial charge in [-0.3, -0.25) is 4.90 Å². The van der Waals surface area contributed by atoms with E-state index in [9.17, 15) is 0 Å². The molecule has 0 fully saturated rings. The molecule has 0 atom stereocenters. The molecule has 0 N–H and O–H groups in total. The quantitative estimate of drug-likeness (QED) is 0.716. The van der Waals surface area contributed by atoms with E-state index in [1.807, 2.05) is 0 Å². The zero-order valence-corrected chi connectivity index (χ0v) is 12.5. The molecule has 1 rings (SSSR count). The molecule has 1 aromatic rings. The van der Waals surface area contributed by atoms with Crippen LogP contribution in [0.3, 0.4) is 0 Å². The topological polar surface area (TPSA) is 12.5 Å². The number of hydrogen-bond donors (Lipinski definition) is 0. The molecule has 0 amide bonds. The van der Waals surface area contributed by atoms with Crippen LogP contribution >= 0.6 is 15.9 Å². The van der Waals surface area contributed by atoms with Gasteiger partial charge >= 0.3 is 0 Å². The Morgan fingerprint density at radius 3 is 2.41 bits per heavy atom. The lowest BCUT2D eigenvalue weighted by atomic mass is 10.1. The Labute approximate surface area is 113 Å². The Bertz CT molecular complexity index is 313. The molecule has 2 nitrogen and oxygen atoms in total. The smallest absolute Gasteiger partial charge is 0.0749 e. The van der Waals surface area contributed by atoms with Gasteiger partial charge < -0.3 is 4.74 Å². The summed E-state index contributed by atoms with van der Waals surface area (Å²) in [6.07, 6.45) is 0. The van der Waals surface area contributed by atoms with Gasteiger partial charge in [-0.1, -0.05) is 46.3 Å². The van der Waals surface area contributed by atoms with Gasteiger partial charge in [0.25, 0.3) is 0 Å². The van der Waals surface area contributed by atoms with E-state index in [-0.39, 0.29) is 5.60 Å². The van der Waals surface area contributed by atoms with Gasteiger partial charge in [0.2, 0.25) is 0 Å². The minimum atomic E-state index is -0.100. The van der Waals surface area contributed by atoms with E-state index in [4.69, 9.17) is 4.74 Å². The number of hydrogen-bond acceptors (Lipinski definition) is 2. The Kier molecular flexibility index (Phi) is 6.17. The molecule has 0 radical (unpaired) electrons. The average Bonchev–Trinajstić information content (AvgIpc) is 2.30. The molecule has 0 aliphatic heterocycles. The van der Waals surface area contributed by atoms with Gasteiger partial charge in [0.15, 0.2) is 0 Å². The molecule has 0 aliphatic rings. The van der Waals surface area contributed by atoms with Gasteiger partial charge in [0, 0.05) is 32.1 Å². The van der Waals surface area contributed by atoms with Crippen LogP contribution < -0.4 is 0 Å². The van der Waals surface area contributed by atoms with E-state index in [1.54, 1.807) is 7.11 Å². The van der Waals surface area contributed by atoms with Crippen LogP contribution in [0.15, 0.2) is 30.3 Å². The van der Waals surface area contributed by atoms with E-state index < -0.39 is 0 Å². The molecule has 0 bridgehead atoms. The lowest BCUT2D eigenvalue weighted by Gasteiger charge is -2.31. The summed E-state index contributed by atoms with van der Waals surface area (Å²) in [6, 6.07) is 10.6. The minimum Gasteiger partial charge on any atom is -0.377 e. The fourth-order valence-corrected chi connectivity index (χ4v) is 2.28. The second-order valence-corrected chi connectivity index (χ2v) is 5.64. The molecule has 3 heteroatoms. The largest absolute Gasteiger partial charge is 0.377 e. The number of methoxy groups -OCH3 is 1. The van der Waals surface area contributed by atoms with Crippen LogP contribution in [0, 0.1) is 0 Å². The normalized spacial score (nSPS) is 12.1. The van der Waals surface area contributed by atoms with Crippen LogP contribution in [-0.2, 0) is 11.3 Å². The van der Waals surface area contributed by atoms with Crippen molar-refractivity contribution < 1.29 is 4.74 Å². The summed E-state index contributed by atoms with van der Waals surface area (Å²) in [5, 5.41) is 0.986. The van der Waals surface area contributed by atoms with E-state index in [1.165, 1.54) is 5.56 Å². The maximum atomic E-state index is 5.50. The van der Waals surface area contributed by atoms with Gasteiger partial charge in [0.1, 0.15) is 0 Å². The molecule has 1 aromatic carbocycles. The lowest BCUT2D eigenvalue weighted by molar-refractivity contribution is -0.00795. The molecule has 0 aliphatic carbocycles. The van der Waals surface area contributed by atoms with Crippen LogP contribution in [0.2, 0.25) is 0 Å². The summed E-state index contributed by atoms with van der Waals surface area (Å²) in [4.78, 5) is 2.41. The van der Waals surface area contributed by atoms with Crippen molar-refractivity contribution in [3.8, 4) is 0 Å². The highest BCUT2D eigenvalue weighted by atomic mass is 79.9. The van der Waals surface area contributed by atoms with Crippen molar-refractivity contribution in [2.75, 3.05) is 25.5 Å². The zero-order valence-electron chi connectivity index (χ0n) is 10.9. The van der Waals surface area contributed by atoms with Crippen LogP contribution in [-0.4, -0.2) is 36.0 Å². The first kappa shape index (κ1) is 14.7. The van der Waals surface area contributed by atoms with Crippen molar-refractivity contribution in [2.24, 2.45) is 0 Å². The fourth-order valence-electron chi connectivity index (χ4n) is 1.78. The average molecular weight is 300 g/mol. The molecule has 0 unspecified atom stereocenters. The van der Waals surface area contributed by atoms with Crippen LogP contribution in [0.5, 0.6) is 0 Å². The van der Waals surface area contributed by atoms with E-state index in [2.05, 4.69) is 65.0 Å². The van der Waals surface area contributed by atoms with Crippen LogP contribution in [0.4, 0.5) is 0 Å². The van der Waals surface area contributed by atoms with Gasteiger partial charge in [-0.15, -0.1) is 0 Å². The first-order chi connectivity index (χ1) is 8.07. The van der Waals surface area contributed by atoms with Gasteiger partial charge in [-0.25, -0.2) is 0 Å². The van der Waals surface area contributed by atoms with Crippen molar-refractivity contribution >= 4 is 15.9 Å². The molecule has 17 heavy (non-hydrogen) atoms. The summed E-state index contributed by atoms with van der Waals surface area (Å²) < 4.78 is 5.50. The molecule has 96 valence electrons. The molecule has 0 saturated heterocycles. The molecule has 0 heterocycles. The van der Waals surface area contributed by atoms with Crippen molar-refractivity contribution in [2.45, 2.75) is 26.0 Å². The monoisotopic (exact) mass is 299 g/mol. The Balaban J connectivity index is 2.60. The first-order valence-electron chi connectivity index (χ1n) is 5.95. The van der Waals surface area contributed by atoms with Crippen LogP contribution in [0.25, 0.3) is 0 Å². The van der Waals surface area contributed by atoms with E-state index >= 15 is 0 Å². The van der Waals surface area contributed by atoms with Crippen molar-refractivity contribution in [3.63, 3.8) is 0 Å². The summed E-state index contributed by atoms with van der Waals surface area (Å²) in [6.45, 7) is 7.18. The summed E-state index contributed by atoms with van der Waals surface area (Å²) >= 11 is 3.51. The molecule has 0 spiro atoms. The summed E-state index contributed by atoms with van der Waals surface area (Å²) in [5.74, 6) is 0. The SMILES string of the molecule is COC(C)(C)CN(CCBr)Cc1ccccc1. The maximum Gasteiger partial charge on any atom is 0.0749 e. The third-order valence-electron chi connectivity index (χ3n) is 2.81. The highest BCUT2D eigenvalue weighted by Crippen LogP contribution is 2.13. The number of rotatable bonds is 7. The summed E-state index contributed by atoms with van der Waals surface area (Å²) in [7, 11) is 1.77. The number of alkyl halides is 1. The third-order valence-corrected chi connectivity index (χ3v) is 3.16. The van der Waals surface area contributed by atoms with E-state index in [0.29, 0.717) is 0 Å². The fraction of sp³-hybridized carbons (Fsp3) is 0.571. The predicted molar refractivity (Wildman–Crippen MR) is 76.6 cm³/mol. The predicted octanol–water partition coefficient (Wildman–Crippen LogP) is 3.31. The second kappa shape index (κ2) is 7.14. The van der Waals surface area contributed by atoms with E-state index in [0.717, 1.165) is 25.0 Å². The van der Waals surface area contributed by atoms with Crippen molar-refractivity contribution in [3.05, 3.63) is 35.9 Å². The van der Waals surface area contributed by atoms with Crippen molar-refractivity contribution in [1.82, 2.24) is 4.90 Å². The molecular formula is C14H22BrNO. The molecule has 0 saturated carbocycles. The molecular weight excluding hydrogens is 278 g/mol. The Hall–Kier alpha value is -0.380. The first-order valence-corrected chi connectivity index (χ1v) is 7.07. The molecule has 0 aromatic heterocycles. The lowest BCUT2D eigenvalue weighted by Crippen LogP contribution is -2.40. The maximum absolute atomic E-state index is 5.50. The third kappa shape index (κ3) is 5.66. The summed E-state index contributed by atoms with van der Waals surface area (Å²) in [5.41, 5.74) is 1.25. The number of ether oxygens (including phenoxy) is 1. The van der Waals surface area contributed by atoms with Gasteiger partial charge in [-0.05, 0) is 19.4 Å². The minimum absolute atomic E-state index is 0.100. The standard InChI is InChI=1S/C14H22BrNO/c1-14(2,17-3)12-16(10-9-15)11-13-7-5-4-6-8-13/h4-8H,9-12H2,1-3H3. The second-order valence-electron chi connectivity index (χ2n) is 4.85. The van der Waals surface area contributed by atoms with Crippen LogP contribution in [0.1, 0.15) is 19.4 Å². The highest BCUT2D eigenvalue weighted by molar-refractivity contribution is 9.09. The number of benzene rings is 1.